The van der Waals surface area contributed by atoms with Gasteiger partial charge >= 0.3 is 0 Å². The van der Waals surface area contributed by atoms with Gasteiger partial charge in [0, 0.05) is 38.4 Å². The van der Waals surface area contributed by atoms with Crippen LogP contribution in [0.3, 0.4) is 0 Å². The van der Waals surface area contributed by atoms with E-state index in [0.717, 1.165) is 38.2 Å². The summed E-state index contributed by atoms with van der Waals surface area (Å²) >= 11 is 1.74. The molecule has 1 atom stereocenters. The van der Waals surface area contributed by atoms with Crippen LogP contribution in [0.15, 0.2) is 30.3 Å². The number of rotatable bonds is 7. The minimum Gasteiger partial charge on any atom is -0.341 e. The van der Waals surface area contributed by atoms with Crippen molar-refractivity contribution in [3.05, 3.63) is 35.9 Å². The maximum Gasteiger partial charge on any atom is 0.223 e. The van der Waals surface area contributed by atoms with Gasteiger partial charge in [-0.3, -0.25) is 4.79 Å². The number of benzene rings is 1. The molecule has 0 saturated carbocycles. The van der Waals surface area contributed by atoms with Crippen LogP contribution in [0, 0.1) is 0 Å². The second kappa shape index (κ2) is 9.21. The normalized spacial score (nSPS) is 19.1. The molecule has 1 saturated heterocycles. The Labute approximate surface area is 139 Å². The van der Waals surface area contributed by atoms with E-state index < -0.39 is 0 Å². The summed E-state index contributed by atoms with van der Waals surface area (Å²) in [5.74, 6) is 1.22. The third kappa shape index (κ3) is 5.33. The summed E-state index contributed by atoms with van der Waals surface area (Å²) in [6.07, 6.45) is 6.15. The maximum atomic E-state index is 12.2. The predicted molar refractivity (Wildman–Crippen MR) is 95.4 cm³/mol. The van der Waals surface area contributed by atoms with Crippen molar-refractivity contribution < 1.29 is 4.79 Å². The molecule has 4 heteroatoms. The monoisotopic (exact) mass is 320 g/mol. The second-order valence-corrected chi connectivity index (χ2v) is 7.07. The zero-order valence-corrected chi connectivity index (χ0v) is 14.6. The molecule has 0 aromatic heterocycles. The quantitative estimate of drug-likeness (QED) is 0.772. The van der Waals surface area contributed by atoms with E-state index >= 15 is 0 Å². The van der Waals surface area contributed by atoms with Gasteiger partial charge in [0.1, 0.15) is 0 Å². The van der Waals surface area contributed by atoms with Crippen LogP contribution in [0.1, 0.15) is 24.8 Å². The Morgan fingerprint density at radius 1 is 1.36 bits per heavy atom. The molecule has 3 nitrogen and oxygen atoms in total. The Morgan fingerprint density at radius 2 is 2.14 bits per heavy atom. The van der Waals surface area contributed by atoms with Gasteiger partial charge in [0.05, 0.1) is 0 Å². The third-order valence-corrected chi connectivity index (χ3v) is 5.11. The standard InChI is InChI=1S/C18H28N2OS/c1-19(18(21)11-14-22-2)17-9-6-12-20(15-17)13-10-16-7-4-3-5-8-16/h3-5,7-8,17H,6,9-15H2,1-2H3. The van der Waals surface area contributed by atoms with Crippen molar-refractivity contribution in [2.24, 2.45) is 0 Å². The molecule has 0 N–H and O–H groups in total. The number of hydrogen-bond donors (Lipinski definition) is 0. The SMILES string of the molecule is CSCCC(=O)N(C)C1CCCN(CCc2ccccc2)C1. The highest BCUT2D eigenvalue weighted by Crippen LogP contribution is 2.16. The number of carbonyl (C=O) groups excluding carboxylic acids is 1. The van der Waals surface area contributed by atoms with Crippen LogP contribution in [-0.2, 0) is 11.2 Å². The molecule has 2 rings (SSSR count). The van der Waals surface area contributed by atoms with Crippen LogP contribution in [0.5, 0.6) is 0 Å². The molecule has 1 fully saturated rings. The van der Waals surface area contributed by atoms with E-state index in [9.17, 15) is 4.79 Å². The summed E-state index contributed by atoms with van der Waals surface area (Å²) in [5.41, 5.74) is 1.40. The maximum absolute atomic E-state index is 12.2. The first kappa shape index (κ1) is 17.4. The molecule has 0 bridgehead atoms. The number of likely N-dealkylation sites (N-methyl/N-ethyl adjacent to an activating group) is 1. The Bertz CT molecular complexity index is 452. The van der Waals surface area contributed by atoms with Gasteiger partial charge in [-0.05, 0) is 37.6 Å². The molecular weight excluding hydrogens is 292 g/mol. The molecule has 1 aromatic carbocycles. The Kier molecular flexibility index (Phi) is 7.26. The van der Waals surface area contributed by atoms with Crippen LogP contribution in [0.4, 0.5) is 0 Å². The molecule has 1 aliphatic rings. The Balaban J connectivity index is 1.79. The minimum absolute atomic E-state index is 0.296. The van der Waals surface area contributed by atoms with Crippen LogP contribution < -0.4 is 0 Å². The summed E-state index contributed by atoms with van der Waals surface area (Å²) in [4.78, 5) is 16.7. The van der Waals surface area contributed by atoms with Crippen molar-refractivity contribution in [2.45, 2.75) is 31.7 Å². The number of likely N-dealkylation sites (tertiary alicyclic amines) is 1. The van der Waals surface area contributed by atoms with E-state index in [2.05, 4.69) is 41.5 Å². The van der Waals surface area contributed by atoms with Crippen molar-refractivity contribution in [3.8, 4) is 0 Å². The lowest BCUT2D eigenvalue weighted by molar-refractivity contribution is -0.132. The summed E-state index contributed by atoms with van der Waals surface area (Å²) in [7, 11) is 1.98. The van der Waals surface area contributed by atoms with Crippen molar-refractivity contribution >= 4 is 17.7 Å². The zero-order valence-electron chi connectivity index (χ0n) is 13.8. The number of nitrogens with zero attached hydrogens (tertiary/aromatic N) is 2. The van der Waals surface area contributed by atoms with E-state index in [1.807, 2.05) is 11.9 Å². The van der Waals surface area contributed by atoms with Gasteiger partial charge < -0.3 is 9.80 Å². The molecule has 0 aliphatic carbocycles. The zero-order chi connectivity index (χ0) is 15.8. The van der Waals surface area contributed by atoms with Gasteiger partial charge in [-0.2, -0.15) is 11.8 Å². The van der Waals surface area contributed by atoms with Crippen LogP contribution >= 0.6 is 11.8 Å². The van der Waals surface area contributed by atoms with E-state index in [-0.39, 0.29) is 0 Å². The predicted octanol–water partition coefficient (Wildman–Crippen LogP) is 2.91. The summed E-state index contributed by atoms with van der Waals surface area (Å²) in [6.45, 7) is 3.28. The molecule has 0 radical (unpaired) electrons. The van der Waals surface area contributed by atoms with Gasteiger partial charge in [0.15, 0.2) is 0 Å². The number of amides is 1. The average Bonchev–Trinajstić information content (AvgIpc) is 2.58. The first-order chi connectivity index (χ1) is 10.7. The second-order valence-electron chi connectivity index (χ2n) is 6.08. The van der Waals surface area contributed by atoms with E-state index in [4.69, 9.17) is 0 Å². The highest BCUT2D eigenvalue weighted by atomic mass is 32.2. The molecular formula is C18H28N2OS. The average molecular weight is 321 g/mol. The first-order valence-corrected chi connectivity index (χ1v) is 9.61. The fourth-order valence-electron chi connectivity index (χ4n) is 3.05. The molecule has 0 spiro atoms. The molecule has 1 unspecified atom stereocenters. The lowest BCUT2D eigenvalue weighted by atomic mass is 10.0. The fraction of sp³-hybridized carbons (Fsp3) is 0.611. The van der Waals surface area contributed by atoms with Gasteiger partial charge in [-0.1, -0.05) is 30.3 Å². The Morgan fingerprint density at radius 3 is 2.86 bits per heavy atom. The molecule has 1 amide bonds. The third-order valence-electron chi connectivity index (χ3n) is 4.50. The van der Waals surface area contributed by atoms with Crippen LogP contribution in [0.2, 0.25) is 0 Å². The van der Waals surface area contributed by atoms with Gasteiger partial charge in [-0.15, -0.1) is 0 Å². The van der Waals surface area contributed by atoms with Crippen molar-refractivity contribution in [1.82, 2.24) is 9.80 Å². The summed E-state index contributed by atoms with van der Waals surface area (Å²) < 4.78 is 0. The molecule has 122 valence electrons. The van der Waals surface area contributed by atoms with Crippen LogP contribution in [0.25, 0.3) is 0 Å². The minimum atomic E-state index is 0.296. The number of hydrogen-bond acceptors (Lipinski definition) is 3. The highest BCUT2D eigenvalue weighted by Gasteiger charge is 2.25. The molecule has 1 aromatic rings. The molecule has 1 aliphatic heterocycles. The van der Waals surface area contributed by atoms with Crippen molar-refractivity contribution in [2.75, 3.05) is 38.7 Å². The Hall–Kier alpha value is -1.00. The summed E-state index contributed by atoms with van der Waals surface area (Å²) in [6, 6.07) is 11.0. The smallest absolute Gasteiger partial charge is 0.223 e. The van der Waals surface area contributed by atoms with Gasteiger partial charge in [0.2, 0.25) is 5.91 Å². The topological polar surface area (TPSA) is 23.6 Å². The lowest BCUT2D eigenvalue weighted by Crippen LogP contribution is -2.49. The number of carbonyl (C=O) groups is 1. The van der Waals surface area contributed by atoms with Gasteiger partial charge in [-0.25, -0.2) is 0 Å². The first-order valence-electron chi connectivity index (χ1n) is 8.21. The highest BCUT2D eigenvalue weighted by molar-refractivity contribution is 7.98. The summed E-state index contributed by atoms with van der Waals surface area (Å²) in [5, 5.41) is 0. The van der Waals surface area contributed by atoms with Crippen molar-refractivity contribution in [1.29, 1.82) is 0 Å². The number of piperidine rings is 1. The van der Waals surface area contributed by atoms with E-state index in [1.165, 1.54) is 12.0 Å². The number of thioether (sulfide) groups is 1. The fourth-order valence-corrected chi connectivity index (χ4v) is 3.43. The lowest BCUT2D eigenvalue weighted by Gasteiger charge is -2.37. The van der Waals surface area contributed by atoms with Crippen LogP contribution in [-0.4, -0.2) is 60.4 Å². The van der Waals surface area contributed by atoms with E-state index in [1.54, 1.807) is 11.8 Å². The van der Waals surface area contributed by atoms with Gasteiger partial charge in [0.25, 0.3) is 0 Å². The van der Waals surface area contributed by atoms with Crippen molar-refractivity contribution in [3.63, 3.8) is 0 Å². The molecule has 22 heavy (non-hydrogen) atoms. The largest absolute Gasteiger partial charge is 0.341 e. The van der Waals surface area contributed by atoms with E-state index in [0.29, 0.717) is 18.4 Å². The molecule has 1 heterocycles.